The van der Waals surface area contributed by atoms with Gasteiger partial charge in [-0.1, -0.05) is 0 Å². The lowest BCUT2D eigenvalue weighted by molar-refractivity contribution is -0.145. The van der Waals surface area contributed by atoms with Gasteiger partial charge in [0.2, 0.25) is 0 Å². The number of nitrogens with zero attached hydrogens (tertiary/aromatic N) is 3. The fourth-order valence-electron chi connectivity index (χ4n) is 2.21. The Bertz CT molecular complexity index is 486. The van der Waals surface area contributed by atoms with Crippen molar-refractivity contribution in [1.29, 1.82) is 0 Å². The highest BCUT2D eigenvalue weighted by Crippen LogP contribution is 2.15. The first kappa shape index (κ1) is 14.5. The number of hydrogen-bond donors (Lipinski definition) is 0. The molecular weight excluding hydrogens is 262 g/mol. The highest BCUT2D eigenvalue weighted by molar-refractivity contribution is 5.93. The minimum absolute atomic E-state index is 0.136. The Balaban J connectivity index is 2.08. The second kappa shape index (κ2) is 6.51. The molecule has 7 heteroatoms. The molecular formula is C13H19N3O4. The van der Waals surface area contributed by atoms with E-state index in [0.29, 0.717) is 32.1 Å². The molecule has 20 heavy (non-hydrogen) atoms. The van der Waals surface area contributed by atoms with Crippen LogP contribution in [0.4, 0.5) is 0 Å². The molecule has 0 radical (unpaired) electrons. The molecule has 2 rings (SSSR count). The zero-order valence-electron chi connectivity index (χ0n) is 11.7. The fourth-order valence-corrected chi connectivity index (χ4v) is 2.21. The summed E-state index contributed by atoms with van der Waals surface area (Å²) in [6.07, 6.45) is 3.25. The van der Waals surface area contributed by atoms with Crippen molar-refractivity contribution in [3.8, 4) is 0 Å². The normalized spacial score (nSPS) is 18.9. The van der Waals surface area contributed by atoms with Crippen LogP contribution in [0.5, 0.6) is 0 Å². The number of aryl methyl sites for hydroxylation is 1. The van der Waals surface area contributed by atoms with E-state index in [1.807, 2.05) is 0 Å². The summed E-state index contributed by atoms with van der Waals surface area (Å²) in [6.45, 7) is 3.38. The van der Waals surface area contributed by atoms with E-state index in [9.17, 15) is 9.59 Å². The summed E-state index contributed by atoms with van der Waals surface area (Å²) in [5, 5.41) is 0. The van der Waals surface area contributed by atoms with Gasteiger partial charge in [0.15, 0.2) is 0 Å². The Kier molecular flexibility index (Phi) is 4.73. The summed E-state index contributed by atoms with van der Waals surface area (Å²) < 4.78 is 12.0. The van der Waals surface area contributed by atoms with Crippen molar-refractivity contribution in [2.45, 2.75) is 19.4 Å². The minimum atomic E-state index is -0.314. The average Bonchev–Trinajstić information content (AvgIpc) is 2.85. The van der Waals surface area contributed by atoms with Gasteiger partial charge in [0.05, 0.1) is 44.8 Å². The molecule has 0 saturated carbocycles. The molecule has 1 aliphatic heterocycles. The van der Waals surface area contributed by atoms with Crippen LogP contribution in [0.3, 0.4) is 0 Å². The second-order valence-corrected chi connectivity index (χ2v) is 4.63. The van der Waals surface area contributed by atoms with E-state index in [0.717, 1.165) is 0 Å². The third-order valence-electron chi connectivity index (χ3n) is 3.23. The molecule has 2 heterocycles. The van der Waals surface area contributed by atoms with Crippen LogP contribution in [-0.4, -0.2) is 58.7 Å². The summed E-state index contributed by atoms with van der Waals surface area (Å²) in [5.41, 5.74) is 0.501. The van der Waals surface area contributed by atoms with Gasteiger partial charge < -0.3 is 18.9 Å². The Hall–Kier alpha value is -1.89. The maximum atomic E-state index is 12.5. The van der Waals surface area contributed by atoms with Gasteiger partial charge in [0, 0.05) is 13.6 Å². The minimum Gasteiger partial charge on any atom is -0.466 e. The van der Waals surface area contributed by atoms with E-state index in [1.54, 1.807) is 29.8 Å². The summed E-state index contributed by atoms with van der Waals surface area (Å²) in [6, 6.07) is -0.287. The quantitative estimate of drug-likeness (QED) is 0.738. The van der Waals surface area contributed by atoms with Crippen molar-refractivity contribution in [1.82, 2.24) is 14.5 Å². The zero-order valence-corrected chi connectivity index (χ0v) is 11.7. The maximum Gasteiger partial charge on any atom is 0.307 e. The van der Waals surface area contributed by atoms with Crippen LogP contribution in [0.15, 0.2) is 12.5 Å². The maximum absolute atomic E-state index is 12.5. The van der Waals surface area contributed by atoms with Crippen LogP contribution in [0.1, 0.15) is 23.8 Å². The number of amides is 1. The van der Waals surface area contributed by atoms with Gasteiger partial charge in [0.25, 0.3) is 5.91 Å². The number of ether oxygens (including phenoxy) is 2. The van der Waals surface area contributed by atoms with Gasteiger partial charge in [-0.25, -0.2) is 4.98 Å². The Labute approximate surface area is 117 Å². The molecule has 1 aliphatic rings. The first-order valence-electron chi connectivity index (χ1n) is 6.64. The monoisotopic (exact) mass is 281 g/mol. The third kappa shape index (κ3) is 3.16. The van der Waals surface area contributed by atoms with E-state index in [2.05, 4.69) is 4.98 Å². The van der Waals surface area contributed by atoms with Crippen molar-refractivity contribution >= 4 is 11.9 Å². The van der Waals surface area contributed by atoms with Gasteiger partial charge >= 0.3 is 5.97 Å². The molecule has 1 aromatic rings. The van der Waals surface area contributed by atoms with Crippen molar-refractivity contribution in [2.75, 3.05) is 26.4 Å². The molecule has 0 aliphatic carbocycles. The van der Waals surface area contributed by atoms with E-state index < -0.39 is 0 Å². The molecule has 0 N–H and O–H groups in total. The molecule has 1 aromatic heterocycles. The Morgan fingerprint density at radius 2 is 2.35 bits per heavy atom. The van der Waals surface area contributed by atoms with Crippen molar-refractivity contribution in [3.05, 3.63) is 18.2 Å². The third-order valence-corrected chi connectivity index (χ3v) is 3.23. The fraction of sp³-hybridized carbons (Fsp3) is 0.615. The summed E-state index contributed by atoms with van der Waals surface area (Å²) in [7, 11) is 1.76. The molecule has 1 saturated heterocycles. The van der Waals surface area contributed by atoms with Crippen LogP contribution in [0.2, 0.25) is 0 Å². The second-order valence-electron chi connectivity index (χ2n) is 4.63. The number of rotatable bonds is 4. The van der Waals surface area contributed by atoms with Crippen LogP contribution in [0, 0.1) is 0 Å². The molecule has 7 nitrogen and oxygen atoms in total. The van der Waals surface area contributed by atoms with E-state index in [1.165, 1.54) is 6.20 Å². The average molecular weight is 281 g/mol. The first-order valence-corrected chi connectivity index (χ1v) is 6.64. The van der Waals surface area contributed by atoms with Crippen molar-refractivity contribution < 1.29 is 19.1 Å². The van der Waals surface area contributed by atoms with Crippen LogP contribution < -0.4 is 0 Å². The summed E-state index contributed by atoms with van der Waals surface area (Å²) >= 11 is 0. The predicted octanol–water partition coefficient (Wildman–Crippen LogP) is 0.214. The van der Waals surface area contributed by atoms with E-state index in [4.69, 9.17) is 9.47 Å². The molecule has 0 aromatic carbocycles. The number of morpholine rings is 1. The van der Waals surface area contributed by atoms with Crippen molar-refractivity contribution in [2.24, 2.45) is 7.05 Å². The van der Waals surface area contributed by atoms with E-state index >= 15 is 0 Å². The van der Waals surface area contributed by atoms with Crippen LogP contribution in [0.25, 0.3) is 0 Å². The van der Waals surface area contributed by atoms with Gasteiger partial charge in [-0.05, 0) is 6.92 Å². The highest BCUT2D eigenvalue weighted by Gasteiger charge is 2.31. The largest absolute Gasteiger partial charge is 0.466 e. The summed E-state index contributed by atoms with van der Waals surface area (Å²) in [5.74, 6) is -0.451. The standard InChI is InChI=1S/C13H19N3O4/c1-3-20-12(17)6-10-8-19-5-4-16(10)13(18)11-7-14-9-15(11)2/h7,9-10H,3-6,8H2,1-2H3. The molecule has 1 amide bonds. The number of esters is 1. The van der Waals surface area contributed by atoms with Gasteiger partial charge in [-0.15, -0.1) is 0 Å². The topological polar surface area (TPSA) is 73.7 Å². The summed E-state index contributed by atoms with van der Waals surface area (Å²) in [4.78, 5) is 29.7. The molecule has 0 bridgehead atoms. The Morgan fingerprint density at radius 3 is 3.00 bits per heavy atom. The zero-order chi connectivity index (χ0) is 14.5. The lowest BCUT2D eigenvalue weighted by atomic mass is 10.1. The molecule has 1 fully saturated rings. The molecule has 1 unspecified atom stereocenters. The Morgan fingerprint density at radius 1 is 1.55 bits per heavy atom. The van der Waals surface area contributed by atoms with E-state index in [-0.39, 0.29) is 24.3 Å². The highest BCUT2D eigenvalue weighted by atomic mass is 16.5. The number of carbonyl (C=O) groups excluding carboxylic acids is 2. The number of carbonyl (C=O) groups is 2. The van der Waals surface area contributed by atoms with Gasteiger partial charge in [-0.3, -0.25) is 9.59 Å². The van der Waals surface area contributed by atoms with Gasteiger partial charge in [-0.2, -0.15) is 0 Å². The van der Waals surface area contributed by atoms with Crippen LogP contribution >= 0.6 is 0 Å². The van der Waals surface area contributed by atoms with Gasteiger partial charge in [0.1, 0.15) is 5.69 Å². The first-order chi connectivity index (χ1) is 9.63. The number of aromatic nitrogens is 2. The van der Waals surface area contributed by atoms with Crippen LogP contribution in [-0.2, 0) is 21.3 Å². The van der Waals surface area contributed by atoms with Crippen molar-refractivity contribution in [3.63, 3.8) is 0 Å². The lowest BCUT2D eigenvalue weighted by Gasteiger charge is -2.35. The molecule has 1 atom stereocenters. The SMILES string of the molecule is CCOC(=O)CC1COCCN1C(=O)c1cncn1C. The lowest BCUT2D eigenvalue weighted by Crippen LogP contribution is -2.50. The number of hydrogen-bond acceptors (Lipinski definition) is 5. The molecule has 110 valence electrons. The predicted molar refractivity (Wildman–Crippen MR) is 70.1 cm³/mol. The molecule has 0 spiro atoms. The smallest absolute Gasteiger partial charge is 0.307 e. The number of imidazole rings is 1.